The van der Waals surface area contributed by atoms with Gasteiger partial charge in [-0.3, -0.25) is 4.79 Å². The maximum Gasteiger partial charge on any atom is 0.272 e. The van der Waals surface area contributed by atoms with Gasteiger partial charge in [-0.1, -0.05) is 11.8 Å². The van der Waals surface area contributed by atoms with Gasteiger partial charge in [-0.25, -0.2) is 0 Å². The lowest BCUT2D eigenvalue weighted by Crippen LogP contribution is -2.13. The van der Waals surface area contributed by atoms with E-state index >= 15 is 0 Å². The van der Waals surface area contributed by atoms with Gasteiger partial charge in [0.1, 0.15) is 5.69 Å². The van der Waals surface area contributed by atoms with E-state index in [4.69, 9.17) is 5.73 Å². The van der Waals surface area contributed by atoms with E-state index in [0.717, 1.165) is 16.8 Å². The number of nitrogens with one attached hydrogen (secondary N) is 2. The summed E-state index contributed by atoms with van der Waals surface area (Å²) in [5.41, 5.74) is 8.49. The predicted molar refractivity (Wildman–Crippen MR) is 75.9 cm³/mol. The van der Waals surface area contributed by atoms with Gasteiger partial charge in [0, 0.05) is 17.4 Å². The fourth-order valence-corrected chi connectivity index (χ4v) is 1.70. The summed E-state index contributed by atoms with van der Waals surface area (Å²) in [5.74, 6) is 5.60. The summed E-state index contributed by atoms with van der Waals surface area (Å²) in [7, 11) is 0. The topological polar surface area (TPSA) is 70.9 Å². The lowest BCUT2D eigenvalue weighted by molar-refractivity contribution is 0.102. The van der Waals surface area contributed by atoms with Gasteiger partial charge in [0.25, 0.3) is 5.91 Å². The molecular weight excluding hydrogens is 238 g/mol. The summed E-state index contributed by atoms with van der Waals surface area (Å²) < 4.78 is 0. The fourth-order valence-electron chi connectivity index (χ4n) is 1.70. The minimum Gasteiger partial charge on any atom is -0.357 e. The van der Waals surface area contributed by atoms with E-state index in [2.05, 4.69) is 22.1 Å². The minimum absolute atomic E-state index is 0.158. The number of aromatic nitrogens is 1. The Kier molecular flexibility index (Phi) is 4.01. The summed E-state index contributed by atoms with van der Waals surface area (Å²) in [4.78, 5) is 14.8. The molecule has 0 aliphatic heterocycles. The summed E-state index contributed by atoms with van der Waals surface area (Å²) in [6, 6.07) is 9.14. The highest BCUT2D eigenvalue weighted by Gasteiger charge is 2.07. The second kappa shape index (κ2) is 5.89. The van der Waals surface area contributed by atoms with Crippen LogP contribution in [-0.4, -0.2) is 17.4 Å². The smallest absolute Gasteiger partial charge is 0.272 e. The highest BCUT2D eigenvalue weighted by molar-refractivity contribution is 6.03. The number of amides is 1. The van der Waals surface area contributed by atoms with Crippen molar-refractivity contribution in [2.75, 3.05) is 11.9 Å². The molecule has 1 heterocycles. The van der Waals surface area contributed by atoms with E-state index in [1.807, 2.05) is 25.1 Å². The first kappa shape index (κ1) is 12.9. The number of aryl methyl sites for hydroxylation is 1. The zero-order valence-corrected chi connectivity index (χ0v) is 10.7. The third-order valence-electron chi connectivity index (χ3n) is 2.65. The third kappa shape index (κ3) is 3.24. The lowest BCUT2D eigenvalue weighted by Gasteiger charge is -2.07. The van der Waals surface area contributed by atoms with E-state index in [-0.39, 0.29) is 5.91 Å². The minimum atomic E-state index is -0.158. The molecule has 0 unspecified atom stereocenters. The maximum atomic E-state index is 11.9. The van der Waals surface area contributed by atoms with Crippen molar-refractivity contribution in [2.45, 2.75) is 6.92 Å². The molecule has 1 amide bonds. The zero-order valence-electron chi connectivity index (χ0n) is 10.7. The molecule has 0 saturated carbocycles. The van der Waals surface area contributed by atoms with Crippen LogP contribution in [0.25, 0.3) is 0 Å². The van der Waals surface area contributed by atoms with Crippen LogP contribution in [0.4, 0.5) is 5.69 Å². The van der Waals surface area contributed by atoms with Gasteiger partial charge < -0.3 is 16.0 Å². The van der Waals surface area contributed by atoms with Crippen LogP contribution in [0.3, 0.4) is 0 Å². The van der Waals surface area contributed by atoms with Crippen LogP contribution in [0.2, 0.25) is 0 Å². The van der Waals surface area contributed by atoms with Gasteiger partial charge in [-0.15, -0.1) is 0 Å². The summed E-state index contributed by atoms with van der Waals surface area (Å²) in [6.45, 7) is 2.27. The SMILES string of the molecule is Cc1cc(C#CCN)ccc1NC(=O)c1ccc[nH]1. The molecule has 0 aliphatic rings. The Hall–Kier alpha value is -2.51. The molecule has 0 fully saturated rings. The molecule has 0 aliphatic carbocycles. The Morgan fingerprint density at radius 2 is 2.26 bits per heavy atom. The number of rotatable bonds is 2. The molecule has 0 radical (unpaired) electrons. The van der Waals surface area contributed by atoms with E-state index in [1.165, 1.54) is 0 Å². The second-order valence-electron chi connectivity index (χ2n) is 4.07. The number of benzene rings is 1. The molecule has 0 bridgehead atoms. The largest absolute Gasteiger partial charge is 0.357 e. The molecule has 4 N–H and O–H groups in total. The molecule has 2 aromatic rings. The molecular formula is C15H15N3O. The van der Waals surface area contributed by atoms with Gasteiger partial charge in [0.2, 0.25) is 0 Å². The molecule has 0 saturated heterocycles. The van der Waals surface area contributed by atoms with Gasteiger partial charge in [-0.2, -0.15) is 0 Å². The highest BCUT2D eigenvalue weighted by Crippen LogP contribution is 2.16. The molecule has 96 valence electrons. The van der Waals surface area contributed by atoms with Gasteiger partial charge >= 0.3 is 0 Å². The van der Waals surface area contributed by atoms with Gasteiger partial charge in [0.05, 0.1) is 6.54 Å². The molecule has 4 heteroatoms. The van der Waals surface area contributed by atoms with Crippen LogP contribution in [0.15, 0.2) is 36.5 Å². The first-order chi connectivity index (χ1) is 9.20. The Morgan fingerprint density at radius 3 is 2.89 bits per heavy atom. The van der Waals surface area contributed by atoms with Crippen molar-refractivity contribution in [3.8, 4) is 11.8 Å². The van der Waals surface area contributed by atoms with Gasteiger partial charge in [0.15, 0.2) is 0 Å². The zero-order chi connectivity index (χ0) is 13.7. The summed E-state index contributed by atoms with van der Waals surface area (Å²) in [6.07, 6.45) is 1.72. The lowest BCUT2D eigenvalue weighted by atomic mass is 10.1. The van der Waals surface area contributed by atoms with Crippen LogP contribution >= 0.6 is 0 Å². The average molecular weight is 253 g/mol. The molecule has 4 nitrogen and oxygen atoms in total. The van der Waals surface area contributed by atoms with Crippen molar-refractivity contribution in [2.24, 2.45) is 5.73 Å². The predicted octanol–water partition coefficient (Wildman–Crippen LogP) is 1.89. The van der Waals surface area contributed by atoms with E-state index in [0.29, 0.717) is 12.2 Å². The number of hydrogen-bond acceptors (Lipinski definition) is 2. The first-order valence-corrected chi connectivity index (χ1v) is 5.95. The van der Waals surface area contributed by atoms with E-state index < -0.39 is 0 Å². The number of anilines is 1. The summed E-state index contributed by atoms with van der Waals surface area (Å²) >= 11 is 0. The Bertz CT molecular complexity index is 633. The van der Waals surface area contributed by atoms with Crippen molar-refractivity contribution in [1.82, 2.24) is 4.98 Å². The molecule has 19 heavy (non-hydrogen) atoms. The third-order valence-corrected chi connectivity index (χ3v) is 2.65. The van der Waals surface area contributed by atoms with Crippen LogP contribution in [0.1, 0.15) is 21.6 Å². The molecule has 2 rings (SSSR count). The number of hydrogen-bond donors (Lipinski definition) is 3. The maximum absolute atomic E-state index is 11.9. The van der Waals surface area contributed by atoms with Crippen LogP contribution in [0.5, 0.6) is 0 Å². The van der Waals surface area contributed by atoms with Crippen LogP contribution in [0, 0.1) is 18.8 Å². The van der Waals surface area contributed by atoms with Crippen molar-refractivity contribution in [3.05, 3.63) is 53.3 Å². The number of H-pyrrole nitrogens is 1. The van der Waals surface area contributed by atoms with Crippen molar-refractivity contribution >= 4 is 11.6 Å². The second-order valence-corrected chi connectivity index (χ2v) is 4.07. The Labute approximate surface area is 112 Å². The van der Waals surface area contributed by atoms with Crippen LogP contribution < -0.4 is 11.1 Å². The van der Waals surface area contributed by atoms with Crippen molar-refractivity contribution in [3.63, 3.8) is 0 Å². The normalized spacial score (nSPS) is 9.58. The highest BCUT2D eigenvalue weighted by atomic mass is 16.1. The molecule has 0 spiro atoms. The average Bonchev–Trinajstić information content (AvgIpc) is 2.93. The number of carbonyl (C=O) groups is 1. The van der Waals surface area contributed by atoms with Gasteiger partial charge in [-0.05, 0) is 42.8 Å². The monoisotopic (exact) mass is 253 g/mol. The van der Waals surface area contributed by atoms with Crippen LogP contribution in [-0.2, 0) is 0 Å². The molecule has 1 aromatic carbocycles. The Morgan fingerprint density at radius 1 is 1.42 bits per heavy atom. The summed E-state index contributed by atoms with van der Waals surface area (Å²) in [5, 5.41) is 2.85. The Balaban J connectivity index is 2.15. The van der Waals surface area contributed by atoms with E-state index in [1.54, 1.807) is 18.3 Å². The van der Waals surface area contributed by atoms with Crippen molar-refractivity contribution < 1.29 is 4.79 Å². The van der Waals surface area contributed by atoms with Crippen molar-refractivity contribution in [1.29, 1.82) is 0 Å². The first-order valence-electron chi connectivity index (χ1n) is 5.95. The molecule has 0 atom stereocenters. The number of carbonyl (C=O) groups excluding carboxylic acids is 1. The number of aromatic amines is 1. The van der Waals surface area contributed by atoms with E-state index in [9.17, 15) is 4.79 Å². The standard InChI is InChI=1S/C15H15N3O/c1-11-10-12(4-2-8-16)6-7-13(11)18-15(19)14-5-3-9-17-14/h3,5-7,9-10,17H,8,16H2,1H3,(H,18,19). The fraction of sp³-hybridized carbons (Fsp3) is 0.133. The number of nitrogens with two attached hydrogens (primary N) is 1. The molecule has 1 aromatic heterocycles. The quantitative estimate of drug-likeness (QED) is 0.715.